The Bertz CT molecular complexity index is 597. The molecule has 0 radical (unpaired) electrons. The number of ether oxygens (including phenoxy) is 2. The predicted molar refractivity (Wildman–Crippen MR) is 196 cm³/mol. The van der Waals surface area contributed by atoms with Gasteiger partial charge in [-0.25, -0.2) is 0 Å². The van der Waals surface area contributed by atoms with E-state index in [0.717, 1.165) is 25.7 Å². The van der Waals surface area contributed by atoms with Crippen molar-refractivity contribution >= 4 is 15.9 Å². The van der Waals surface area contributed by atoms with Gasteiger partial charge in [0.1, 0.15) is 0 Å². The Kier molecular flexibility index (Phi) is 37.1. The smallest absolute Gasteiger partial charge is 0.155 e. The quantitative estimate of drug-likeness (QED) is 0.0298. The van der Waals surface area contributed by atoms with Crippen LogP contribution in [0.15, 0.2) is 24.3 Å². The van der Waals surface area contributed by atoms with Crippen molar-refractivity contribution in [3.63, 3.8) is 0 Å². The van der Waals surface area contributed by atoms with E-state index in [-0.39, 0.29) is 6.10 Å². The van der Waals surface area contributed by atoms with Crippen LogP contribution in [0.25, 0.3) is 0 Å². The standard InChI is InChI=1S/C39H75BrO4/c1-3-5-7-9-11-13-15-17-19-21-23-25-27-29-31-33-38(41)43-36-37(35-40)44-39(42)34-32-30-28-26-24-22-20-18-16-14-12-10-8-6-4-2/h17-20,37-39,41-42H,3-16,21-36H2,1-2H3. The van der Waals surface area contributed by atoms with Crippen molar-refractivity contribution in [1.82, 2.24) is 0 Å². The van der Waals surface area contributed by atoms with E-state index in [1.807, 2.05) is 0 Å². The molecule has 0 rings (SSSR count). The fourth-order valence-corrected chi connectivity index (χ4v) is 5.83. The molecule has 5 heteroatoms. The lowest BCUT2D eigenvalue weighted by atomic mass is 10.1. The molecule has 0 spiro atoms. The third-order valence-electron chi connectivity index (χ3n) is 8.42. The third kappa shape index (κ3) is 34.7. The number of hydrogen-bond donors (Lipinski definition) is 2. The summed E-state index contributed by atoms with van der Waals surface area (Å²) in [6.07, 6.45) is 42.0. The second-order valence-electron chi connectivity index (χ2n) is 12.9. The Morgan fingerprint density at radius 3 is 1.20 bits per heavy atom. The van der Waals surface area contributed by atoms with Crippen molar-refractivity contribution in [3.05, 3.63) is 24.3 Å². The first-order valence-electron chi connectivity index (χ1n) is 19.1. The second kappa shape index (κ2) is 37.3. The van der Waals surface area contributed by atoms with Gasteiger partial charge in [-0.3, -0.25) is 0 Å². The Labute approximate surface area is 283 Å². The molecule has 3 atom stereocenters. The van der Waals surface area contributed by atoms with Gasteiger partial charge in [0, 0.05) is 5.33 Å². The summed E-state index contributed by atoms with van der Waals surface area (Å²) in [5.41, 5.74) is 0. The molecular weight excluding hydrogens is 612 g/mol. The van der Waals surface area contributed by atoms with Crippen molar-refractivity contribution in [1.29, 1.82) is 0 Å². The van der Waals surface area contributed by atoms with Gasteiger partial charge in [-0.15, -0.1) is 0 Å². The number of aliphatic hydroxyl groups excluding tert-OH is 2. The molecule has 0 aliphatic rings. The topological polar surface area (TPSA) is 58.9 Å². The average molecular weight is 688 g/mol. The molecule has 0 heterocycles. The van der Waals surface area contributed by atoms with Gasteiger partial charge in [0.05, 0.1) is 12.7 Å². The molecule has 262 valence electrons. The monoisotopic (exact) mass is 686 g/mol. The molecule has 0 amide bonds. The molecule has 3 unspecified atom stereocenters. The summed E-state index contributed by atoms with van der Waals surface area (Å²) in [5, 5.41) is 21.1. The minimum Gasteiger partial charge on any atom is -0.368 e. The van der Waals surface area contributed by atoms with Crippen LogP contribution in [0.3, 0.4) is 0 Å². The van der Waals surface area contributed by atoms with E-state index in [4.69, 9.17) is 9.47 Å². The van der Waals surface area contributed by atoms with Crippen LogP contribution in [-0.4, -0.2) is 40.8 Å². The van der Waals surface area contributed by atoms with Crippen molar-refractivity contribution in [2.45, 2.75) is 212 Å². The minimum absolute atomic E-state index is 0.253. The second-order valence-corrected chi connectivity index (χ2v) is 13.5. The summed E-state index contributed by atoms with van der Waals surface area (Å²) in [5.74, 6) is 0. The lowest BCUT2D eigenvalue weighted by molar-refractivity contribution is -0.177. The first-order valence-corrected chi connectivity index (χ1v) is 20.2. The largest absolute Gasteiger partial charge is 0.368 e. The van der Waals surface area contributed by atoms with Crippen molar-refractivity contribution < 1.29 is 19.7 Å². The van der Waals surface area contributed by atoms with E-state index < -0.39 is 12.6 Å². The lowest BCUT2D eigenvalue weighted by Gasteiger charge is -2.21. The van der Waals surface area contributed by atoms with E-state index in [9.17, 15) is 10.2 Å². The Morgan fingerprint density at radius 1 is 0.477 bits per heavy atom. The maximum Gasteiger partial charge on any atom is 0.155 e. The number of allylic oxidation sites excluding steroid dienone is 4. The molecule has 0 bridgehead atoms. The Morgan fingerprint density at radius 2 is 0.818 bits per heavy atom. The highest BCUT2D eigenvalue weighted by molar-refractivity contribution is 9.09. The van der Waals surface area contributed by atoms with Crippen LogP contribution < -0.4 is 0 Å². The van der Waals surface area contributed by atoms with Crippen LogP contribution >= 0.6 is 15.9 Å². The minimum atomic E-state index is -0.770. The van der Waals surface area contributed by atoms with Crippen LogP contribution in [0.1, 0.15) is 194 Å². The Balaban J connectivity index is 3.57. The molecule has 0 fully saturated rings. The molecule has 0 saturated carbocycles. The number of halogens is 1. The van der Waals surface area contributed by atoms with Gasteiger partial charge in [0.25, 0.3) is 0 Å². The molecule has 0 aliphatic heterocycles. The first kappa shape index (κ1) is 43.8. The highest BCUT2D eigenvalue weighted by Crippen LogP contribution is 2.15. The third-order valence-corrected chi connectivity index (χ3v) is 9.14. The van der Waals surface area contributed by atoms with Crippen LogP contribution in [0, 0.1) is 0 Å². The van der Waals surface area contributed by atoms with E-state index in [2.05, 4.69) is 54.1 Å². The zero-order chi connectivity index (χ0) is 32.2. The van der Waals surface area contributed by atoms with Crippen LogP contribution in [-0.2, 0) is 9.47 Å². The van der Waals surface area contributed by atoms with Gasteiger partial charge in [0.15, 0.2) is 12.6 Å². The van der Waals surface area contributed by atoms with E-state index >= 15 is 0 Å². The van der Waals surface area contributed by atoms with Gasteiger partial charge in [0.2, 0.25) is 0 Å². The van der Waals surface area contributed by atoms with Crippen molar-refractivity contribution in [2.24, 2.45) is 0 Å². The normalized spacial score (nSPS) is 14.2. The number of aliphatic hydroxyl groups is 2. The van der Waals surface area contributed by atoms with E-state index in [1.165, 1.54) is 141 Å². The maximum absolute atomic E-state index is 10.3. The molecule has 0 aromatic heterocycles. The predicted octanol–water partition coefficient (Wildman–Crippen LogP) is 12.5. The fourth-order valence-electron chi connectivity index (χ4n) is 5.49. The van der Waals surface area contributed by atoms with Crippen LogP contribution in [0.5, 0.6) is 0 Å². The van der Waals surface area contributed by atoms with Gasteiger partial charge in [-0.2, -0.15) is 0 Å². The number of rotatable bonds is 36. The fraction of sp³-hybridized carbons (Fsp3) is 0.897. The molecule has 4 nitrogen and oxygen atoms in total. The number of unbranched alkanes of at least 4 members (excludes halogenated alkanes) is 22. The van der Waals surface area contributed by atoms with Crippen molar-refractivity contribution in [3.8, 4) is 0 Å². The lowest BCUT2D eigenvalue weighted by Crippen LogP contribution is -2.30. The summed E-state index contributed by atoms with van der Waals surface area (Å²) in [6, 6.07) is 0. The van der Waals surface area contributed by atoms with E-state index in [0.29, 0.717) is 24.8 Å². The zero-order valence-corrected chi connectivity index (χ0v) is 30.9. The van der Waals surface area contributed by atoms with Gasteiger partial charge in [-0.05, 0) is 77.0 Å². The zero-order valence-electron chi connectivity index (χ0n) is 29.3. The van der Waals surface area contributed by atoms with Gasteiger partial charge < -0.3 is 19.7 Å². The molecule has 0 saturated heterocycles. The summed E-state index contributed by atoms with van der Waals surface area (Å²) in [7, 11) is 0. The highest BCUT2D eigenvalue weighted by Gasteiger charge is 2.16. The molecule has 2 N–H and O–H groups in total. The van der Waals surface area contributed by atoms with Crippen LogP contribution in [0.2, 0.25) is 0 Å². The first-order chi connectivity index (χ1) is 21.6. The SMILES string of the molecule is CCCCCCCCC=CCCCCCCCC(O)OCC(CBr)OC(O)CCCCCCCC=CCCCCCCCC. The summed E-state index contributed by atoms with van der Waals surface area (Å²) < 4.78 is 11.4. The summed E-state index contributed by atoms with van der Waals surface area (Å²) in [6.45, 7) is 4.83. The Hall–Kier alpha value is -0.200. The molecule has 44 heavy (non-hydrogen) atoms. The number of hydrogen-bond acceptors (Lipinski definition) is 4. The molecule has 0 aliphatic carbocycles. The summed E-state index contributed by atoms with van der Waals surface area (Å²) >= 11 is 3.46. The molecule has 0 aromatic carbocycles. The van der Waals surface area contributed by atoms with E-state index in [1.54, 1.807) is 0 Å². The molecular formula is C39H75BrO4. The molecule has 0 aromatic rings. The summed E-state index contributed by atoms with van der Waals surface area (Å²) in [4.78, 5) is 0. The average Bonchev–Trinajstić information content (AvgIpc) is 3.02. The van der Waals surface area contributed by atoms with Gasteiger partial charge in [-0.1, -0.05) is 157 Å². The highest BCUT2D eigenvalue weighted by atomic mass is 79.9. The van der Waals surface area contributed by atoms with Crippen molar-refractivity contribution in [2.75, 3.05) is 11.9 Å². The van der Waals surface area contributed by atoms with Gasteiger partial charge >= 0.3 is 0 Å². The maximum atomic E-state index is 10.3. The number of alkyl halides is 1. The van der Waals surface area contributed by atoms with Crippen LogP contribution in [0.4, 0.5) is 0 Å².